The van der Waals surface area contributed by atoms with Crippen molar-refractivity contribution in [3.05, 3.63) is 75.8 Å². The van der Waals surface area contributed by atoms with Gasteiger partial charge in [-0.15, -0.1) is 0 Å². The van der Waals surface area contributed by atoms with Gasteiger partial charge in [0.25, 0.3) is 0 Å². The number of ether oxygens (including phenoxy) is 4. The molecule has 0 spiro atoms. The van der Waals surface area contributed by atoms with Gasteiger partial charge in [0, 0.05) is 6.07 Å². The maximum absolute atomic E-state index is 11.4. The third kappa shape index (κ3) is 4.83. The maximum atomic E-state index is 11.4. The van der Waals surface area contributed by atoms with Crippen LogP contribution >= 0.6 is 0 Å². The summed E-state index contributed by atoms with van der Waals surface area (Å²) in [5, 5.41) is 11.4. The summed E-state index contributed by atoms with van der Waals surface area (Å²) < 4.78 is 21.7. The molecule has 0 unspecified atom stereocenters. The first-order valence-electron chi connectivity index (χ1n) is 10.0. The third-order valence-electron chi connectivity index (χ3n) is 4.87. The van der Waals surface area contributed by atoms with Gasteiger partial charge in [-0.05, 0) is 47.4 Å². The van der Waals surface area contributed by atoms with Crippen LogP contribution in [0.4, 0.5) is 5.69 Å². The molecule has 0 radical (unpaired) electrons. The predicted octanol–water partition coefficient (Wildman–Crippen LogP) is 5.86. The van der Waals surface area contributed by atoms with Gasteiger partial charge in [0.15, 0.2) is 17.2 Å². The van der Waals surface area contributed by atoms with Gasteiger partial charge in [0.1, 0.15) is 0 Å². The molecular weight excluding hydrogens is 410 g/mol. The molecule has 0 aliphatic carbocycles. The predicted molar refractivity (Wildman–Crippen MR) is 125 cm³/mol. The lowest BCUT2D eigenvalue weighted by molar-refractivity contribution is -0.385. The molecule has 0 bridgehead atoms. The highest BCUT2D eigenvalue weighted by atomic mass is 16.6. The number of hydrogen-bond donors (Lipinski definition) is 0. The molecule has 0 aromatic heterocycles. The van der Waals surface area contributed by atoms with Gasteiger partial charge in [-0.1, -0.05) is 42.5 Å². The number of nitro benzene ring substituents is 1. The van der Waals surface area contributed by atoms with Crippen LogP contribution < -0.4 is 18.9 Å². The Balaban J connectivity index is 2.02. The van der Waals surface area contributed by atoms with Crippen LogP contribution in [0, 0.1) is 10.1 Å². The first-order valence-corrected chi connectivity index (χ1v) is 10.0. The molecule has 0 saturated carbocycles. The molecule has 7 heteroatoms. The number of nitro groups is 1. The average Bonchev–Trinajstić information content (AvgIpc) is 2.82. The zero-order valence-electron chi connectivity index (χ0n) is 18.5. The van der Waals surface area contributed by atoms with Crippen LogP contribution in [0.1, 0.15) is 18.1 Å². The van der Waals surface area contributed by atoms with E-state index in [0.717, 1.165) is 16.7 Å². The minimum atomic E-state index is -0.438. The van der Waals surface area contributed by atoms with Crippen LogP contribution in [0.3, 0.4) is 0 Å². The Morgan fingerprint density at radius 2 is 1.56 bits per heavy atom. The Labute approximate surface area is 187 Å². The molecule has 7 nitrogen and oxygen atoms in total. The summed E-state index contributed by atoms with van der Waals surface area (Å²) in [6.45, 7) is 2.15. The van der Waals surface area contributed by atoms with Crippen LogP contribution in [-0.2, 0) is 0 Å². The van der Waals surface area contributed by atoms with Crippen molar-refractivity contribution in [2.75, 3.05) is 27.9 Å². The van der Waals surface area contributed by atoms with E-state index >= 15 is 0 Å². The molecule has 0 heterocycles. The molecule has 32 heavy (non-hydrogen) atoms. The highest BCUT2D eigenvalue weighted by molar-refractivity contribution is 5.83. The molecule has 3 aromatic carbocycles. The molecule has 3 rings (SSSR count). The minimum Gasteiger partial charge on any atom is -0.493 e. The van der Waals surface area contributed by atoms with Crippen LogP contribution in [0.2, 0.25) is 0 Å². The van der Waals surface area contributed by atoms with Gasteiger partial charge in [0.2, 0.25) is 5.75 Å². The summed E-state index contributed by atoms with van der Waals surface area (Å²) in [6.07, 6.45) is 3.75. The Kier molecular flexibility index (Phi) is 7.33. The second-order valence-corrected chi connectivity index (χ2v) is 6.75. The summed E-state index contributed by atoms with van der Waals surface area (Å²) in [4.78, 5) is 11.0. The average molecular weight is 435 g/mol. The molecular formula is C25H25NO6. The van der Waals surface area contributed by atoms with Gasteiger partial charge in [0.05, 0.1) is 32.9 Å². The van der Waals surface area contributed by atoms with E-state index in [1.165, 1.54) is 6.07 Å². The number of hydrogen-bond acceptors (Lipinski definition) is 6. The van der Waals surface area contributed by atoms with E-state index in [1.807, 2.05) is 48.6 Å². The summed E-state index contributed by atoms with van der Waals surface area (Å²) in [7, 11) is 4.71. The Morgan fingerprint density at radius 3 is 2.16 bits per heavy atom. The molecule has 0 N–H and O–H groups in total. The van der Waals surface area contributed by atoms with Crippen LogP contribution in [-0.4, -0.2) is 32.9 Å². The number of benzene rings is 3. The first-order chi connectivity index (χ1) is 15.5. The summed E-state index contributed by atoms with van der Waals surface area (Å²) >= 11 is 0. The molecule has 3 aromatic rings. The fourth-order valence-electron chi connectivity index (χ4n) is 3.39. The highest BCUT2D eigenvalue weighted by Gasteiger charge is 2.16. The van der Waals surface area contributed by atoms with E-state index in [0.29, 0.717) is 29.4 Å². The zero-order valence-corrected chi connectivity index (χ0v) is 18.5. The van der Waals surface area contributed by atoms with Crippen LogP contribution in [0.15, 0.2) is 54.6 Å². The van der Waals surface area contributed by atoms with Gasteiger partial charge in [-0.2, -0.15) is 0 Å². The van der Waals surface area contributed by atoms with E-state index in [9.17, 15) is 10.1 Å². The third-order valence-corrected chi connectivity index (χ3v) is 4.87. The van der Waals surface area contributed by atoms with E-state index in [-0.39, 0.29) is 11.4 Å². The largest absolute Gasteiger partial charge is 0.493 e. The summed E-state index contributed by atoms with van der Waals surface area (Å²) in [6, 6.07) is 16.5. The van der Waals surface area contributed by atoms with Crippen molar-refractivity contribution in [2.24, 2.45) is 0 Å². The fraction of sp³-hybridized carbons (Fsp3) is 0.200. The number of nitrogens with zero attached hydrogens (tertiary/aromatic N) is 1. The lowest BCUT2D eigenvalue weighted by Crippen LogP contribution is -1.97. The Bertz CT molecular complexity index is 1110. The van der Waals surface area contributed by atoms with Crippen LogP contribution in [0.5, 0.6) is 23.0 Å². The Hall–Kier alpha value is -4.00. The van der Waals surface area contributed by atoms with Crippen molar-refractivity contribution >= 4 is 17.8 Å². The minimum absolute atomic E-state index is 0.0630. The lowest BCUT2D eigenvalue weighted by atomic mass is 9.98. The molecule has 0 fully saturated rings. The van der Waals surface area contributed by atoms with Gasteiger partial charge in [-0.25, -0.2) is 0 Å². The van der Waals surface area contributed by atoms with Crippen molar-refractivity contribution in [3.63, 3.8) is 0 Å². The van der Waals surface area contributed by atoms with E-state index in [1.54, 1.807) is 40.4 Å². The highest BCUT2D eigenvalue weighted by Crippen LogP contribution is 2.42. The lowest BCUT2D eigenvalue weighted by Gasteiger charge is -2.15. The smallest absolute Gasteiger partial charge is 0.311 e. The summed E-state index contributed by atoms with van der Waals surface area (Å²) in [5.41, 5.74) is 3.39. The zero-order chi connectivity index (χ0) is 23.1. The first kappa shape index (κ1) is 22.7. The normalized spacial score (nSPS) is 10.8. The van der Waals surface area contributed by atoms with Crippen LogP contribution in [0.25, 0.3) is 23.3 Å². The molecule has 0 atom stereocenters. The second-order valence-electron chi connectivity index (χ2n) is 6.75. The van der Waals surface area contributed by atoms with Crippen molar-refractivity contribution in [1.82, 2.24) is 0 Å². The maximum Gasteiger partial charge on any atom is 0.311 e. The second kappa shape index (κ2) is 10.3. The topological polar surface area (TPSA) is 80.1 Å². The van der Waals surface area contributed by atoms with E-state index in [2.05, 4.69) is 0 Å². The fourth-order valence-corrected chi connectivity index (χ4v) is 3.39. The Morgan fingerprint density at radius 1 is 0.875 bits per heavy atom. The standard InChI is InChI=1S/C25H25NO6/c1-5-32-22-13-11-17(14-21(22)26(27)28)10-12-18-8-6-7-9-20(18)19-15-23(29-2)25(31-4)24(16-19)30-3/h6-16H,5H2,1-4H3. The SMILES string of the molecule is CCOc1ccc(C=Cc2ccccc2-c2cc(OC)c(OC)c(OC)c2)cc1[N+](=O)[O-]. The molecule has 166 valence electrons. The van der Waals surface area contributed by atoms with Crippen molar-refractivity contribution < 1.29 is 23.9 Å². The van der Waals surface area contributed by atoms with Gasteiger partial charge < -0.3 is 18.9 Å². The van der Waals surface area contributed by atoms with E-state index < -0.39 is 4.92 Å². The van der Waals surface area contributed by atoms with Gasteiger partial charge >= 0.3 is 5.69 Å². The van der Waals surface area contributed by atoms with Gasteiger partial charge in [-0.3, -0.25) is 10.1 Å². The number of methoxy groups -OCH3 is 3. The monoisotopic (exact) mass is 435 g/mol. The molecule has 0 aliphatic rings. The van der Waals surface area contributed by atoms with Crippen molar-refractivity contribution in [2.45, 2.75) is 6.92 Å². The summed E-state index contributed by atoms with van der Waals surface area (Å²) in [5.74, 6) is 1.89. The van der Waals surface area contributed by atoms with E-state index in [4.69, 9.17) is 18.9 Å². The van der Waals surface area contributed by atoms with Crippen molar-refractivity contribution in [1.29, 1.82) is 0 Å². The molecule has 0 amide bonds. The quantitative estimate of drug-likeness (QED) is 0.238. The molecule has 0 aliphatic heterocycles. The van der Waals surface area contributed by atoms with Crippen molar-refractivity contribution in [3.8, 4) is 34.1 Å². The molecule has 0 saturated heterocycles. The number of rotatable bonds is 9.